The first kappa shape index (κ1) is 28.2. The molecule has 0 aromatic heterocycles. The van der Waals surface area contributed by atoms with Crippen molar-refractivity contribution in [1.82, 2.24) is 0 Å². The molecule has 0 saturated heterocycles. The first-order valence-corrected chi connectivity index (χ1v) is 7.38. The SMILES string of the molecule is COC(=O)c1cc(O)cc(C(=O)OC)c1.OCc1cc(O)cc(CO)c1.[AlH3].[H-].[Li+]. The van der Waals surface area contributed by atoms with Crippen LogP contribution < -0.4 is 18.9 Å². The molecule has 0 aliphatic carbocycles. The van der Waals surface area contributed by atoms with Crippen LogP contribution in [0.4, 0.5) is 0 Å². The second-order valence-electron chi connectivity index (χ2n) is 5.08. The Labute approximate surface area is 186 Å². The monoisotopic (exact) mass is 402 g/mol. The van der Waals surface area contributed by atoms with Crippen molar-refractivity contribution < 1.29 is 59.8 Å². The third-order valence-electron chi connectivity index (χ3n) is 3.16. The van der Waals surface area contributed by atoms with Gasteiger partial charge in [-0.1, -0.05) is 6.07 Å². The average Bonchev–Trinajstić information content (AvgIpc) is 2.65. The van der Waals surface area contributed by atoms with E-state index in [0.717, 1.165) is 0 Å². The van der Waals surface area contributed by atoms with Crippen molar-refractivity contribution in [2.75, 3.05) is 14.2 Å². The van der Waals surface area contributed by atoms with E-state index < -0.39 is 11.9 Å². The summed E-state index contributed by atoms with van der Waals surface area (Å²) in [6.07, 6.45) is 0. The summed E-state index contributed by atoms with van der Waals surface area (Å²) in [7, 11) is 2.42. The number of aliphatic hydroxyl groups excluding tert-OH is 2. The number of hydrogen-bond donors (Lipinski definition) is 4. The maximum atomic E-state index is 11.1. The molecule has 0 saturated carbocycles. The number of esters is 2. The zero-order valence-electron chi connectivity index (χ0n) is 16.3. The summed E-state index contributed by atoms with van der Waals surface area (Å²) in [5.74, 6) is -1.38. The van der Waals surface area contributed by atoms with E-state index in [2.05, 4.69) is 9.47 Å². The second-order valence-corrected chi connectivity index (χ2v) is 5.08. The Morgan fingerprint density at radius 1 is 0.786 bits per heavy atom. The van der Waals surface area contributed by atoms with Gasteiger partial charge in [0.1, 0.15) is 11.5 Å². The van der Waals surface area contributed by atoms with Crippen molar-refractivity contribution in [2.24, 2.45) is 0 Å². The minimum absolute atomic E-state index is 0. The zero-order valence-corrected chi connectivity index (χ0v) is 15.3. The van der Waals surface area contributed by atoms with Crippen LogP contribution in [-0.2, 0) is 22.7 Å². The molecule has 28 heavy (non-hydrogen) atoms. The minimum atomic E-state index is -0.629. The molecule has 8 nitrogen and oxygen atoms in total. The van der Waals surface area contributed by atoms with Gasteiger partial charge in [0.05, 0.1) is 38.6 Å². The fraction of sp³-hybridized carbons (Fsp3) is 0.222. The third-order valence-corrected chi connectivity index (χ3v) is 3.16. The largest absolute Gasteiger partial charge is 1.00 e. The van der Waals surface area contributed by atoms with Crippen molar-refractivity contribution in [3.05, 3.63) is 58.7 Å². The molecule has 148 valence electrons. The number of aliphatic hydroxyl groups is 2. The molecule has 4 N–H and O–H groups in total. The number of carbonyl (C=O) groups excluding carboxylic acids is 2. The molecule has 2 aromatic carbocycles. The summed E-state index contributed by atoms with van der Waals surface area (Å²) in [4.78, 5) is 22.3. The third kappa shape index (κ3) is 8.81. The van der Waals surface area contributed by atoms with Crippen LogP contribution in [0.1, 0.15) is 33.3 Å². The molecule has 0 heterocycles. The Bertz CT molecular complexity index is 732. The topological polar surface area (TPSA) is 134 Å². The predicted molar refractivity (Wildman–Crippen MR) is 102 cm³/mol. The smallest absolute Gasteiger partial charge is 1.00 e. The number of ether oxygens (including phenoxy) is 2. The van der Waals surface area contributed by atoms with Crippen LogP contribution in [0.3, 0.4) is 0 Å². The van der Waals surface area contributed by atoms with Gasteiger partial charge in [-0.25, -0.2) is 9.59 Å². The van der Waals surface area contributed by atoms with Gasteiger partial charge in [-0.15, -0.1) is 0 Å². The molecule has 2 rings (SSSR count). The number of aromatic hydroxyl groups is 2. The Balaban J connectivity index is -0.000000437. The van der Waals surface area contributed by atoms with E-state index in [1.165, 1.54) is 44.6 Å². The Morgan fingerprint density at radius 2 is 1.14 bits per heavy atom. The maximum Gasteiger partial charge on any atom is 1.00 e. The van der Waals surface area contributed by atoms with E-state index in [9.17, 15) is 14.7 Å². The Morgan fingerprint density at radius 3 is 1.46 bits per heavy atom. The maximum absolute atomic E-state index is 11.1. The fourth-order valence-electron chi connectivity index (χ4n) is 2.01. The van der Waals surface area contributed by atoms with Crippen molar-refractivity contribution >= 4 is 29.3 Å². The number of methoxy groups -OCH3 is 2. The van der Waals surface area contributed by atoms with Gasteiger partial charge < -0.3 is 31.3 Å². The number of hydrogen-bond acceptors (Lipinski definition) is 8. The van der Waals surface area contributed by atoms with Crippen LogP contribution in [0.2, 0.25) is 0 Å². The first-order valence-electron chi connectivity index (χ1n) is 7.38. The molecular weight excluding hydrogens is 378 g/mol. The average molecular weight is 402 g/mol. The normalized spacial score (nSPS) is 9.00. The van der Waals surface area contributed by atoms with Crippen LogP contribution in [0.5, 0.6) is 11.5 Å². The van der Waals surface area contributed by atoms with E-state index in [1.807, 2.05) is 0 Å². The summed E-state index contributed by atoms with van der Waals surface area (Å²) in [6.45, 7) is -0.247. The summed E-state index contributed by atoms with van der Waals surface area (Å²) < 4.78 is 8.91. The number of phenolic OH excluding ortho intramolecular Hbond substituents is 2. The molecular formula is C18H24AlLiO8. The summed E-state index contributed by atoms with van der Waals surface area (Å²) in [5.41, 5.74) is 1.40. The number of phenols is 2. The molecule has 2 aromatic rings. The molecule has 0 radical (unpaired) electrons. The van der Waals surface area contributed by atoms with E-state index in [-0.39, 0.29) is 73.5 Å². The van der Waals surface area contributed by atoms with Crippen LogP contribution in [-0.4, -0.2) is 63.9 Å². The second kappa shape index (κ2) is 14.1. The van der Waals surface area contributed by atoms with Gasteiger partial charge in [0.2, 0.25) is 0 Å². The van der Waals surface area contributed by atoms with E-state index >= 15 is 0 Å². The Hall–Kier alpha value is -1.97. The van der Waals surface area contributed by atoms with Crippen LogP contribution in [0.15, 0.2) is 36.4 Å². The van der Waals surface area contributed by atoms with Gasteiger partial charge in [-0.3, -0.25) is 0 Å². The molecule has 0 fully saturated rings. The molecule has 0 amide bonds. The van der Waals surface area contributed by atoms with Gasteiger partial charge in [0, 0.05) is 0 Å². The van der Waals surface area contributed by atoms with Crippen molar-refractivity contribution in [3.63, 3.8) is 0 Å². The first-order chi connectivity index (χ1) is 12.3. The summed E-state index contributed by atoms with van der Waals surface area (Å²) in [6, 6.07) is 8.26. The number of rotatable bonds is 4. The molecule has 0 bridgehead atoms. The quantitative estimate of drug-likeness (QED) is 0.320. The summed E-state index contributed by atoms with van der Waals surface area (Å²) in [5, 5.41) is 35.7. The van der Waals surface area contributed by atoms with E-state index in [1.54, 1.807) is 6.07 Å². The Kier molecular flexibility index (Phi) is 14.2. The van der Waals surface area contributed by atoms with Gasteiger partial charge in [-0.05, 0) is 41.5 Å². The molecule has 0 unspecified atom stereocenters. The molecule has 0 aliphatic heterocycles. The van der Waals surface area contributed by atoms with Crippen molar-refractivity contribution in [2.45, 2.75) is 13.2 Å². The standard InChI is InChI=1S/C10H10O5.C8H10O3.Al.Li.4H/c1-14-9(12)6-3-7(10(13)15-2)5-8(11)4-6;9-4-6-1-7(5-10)3-8(11)2-6;;;;;;/h3-5,11H,1-2H3;1-3,9-11H,4-5H2;;;;;;/q;;;+1;;;;-1. The van der Waals surface area contributed by atoms with Crippen LogP contribution in [0, 0.1) is 0 Å². The fourth-order valence-corrected chi connectivity index (χ4v) is 2.01. The molecule has 0 spiro atoms. The number of benzene rings is 2. The van der Waals surface area contributed by atoms with Crippen LogP contribution in [0.25, 0.3) is 0 Å². The van der Waals surface area contributed by atoms with Crippen molar-refractivity contribution in [3.8, 4) is 11.5 Å². The molecule has 0 atom stereocenters. The molecule has 10 heteroatoms. The van der Waals surface area contributed by atoms with E-state index in [0.29, 0.717) is 11.1 Å². The number of carbonyl (C=O) groups is 2. The predicted octanol–water partition coefficient (Wildman–Crippen LogP) is -2.73. The molecule has 0 aliphatic rings. The van der Waals surface area contributed by atoms with Crippen LogP contribution >= 0.6 is 0 Å². The van der Waals surface area contributed by atoms with Gasteiger partial charge >= 0.3 is 30.8 Å². The van der Waals surface area contributed by atoms with Gasteiger partial charge in [-0.2, -0.15) is 0 Å². The zero-order chi connectivity index (χ0) is 19.7. The van der Waals surface area contributed by atoms with E-state index in [4.69, 9.17) is 15.3 Å². The summed E-state index contributed by atoms with van der Waals surface area (Å²) >= 11 is 0. The van der Waals surface area contributed by atoms with Gasteiger partial charge in [0.25, 0.3) is 0 Å². The minimum Gasteiger partial charge on any atom is -1.00 e. The van der Waals surface area contributed by atoms with Crippen molar-refractivity contribution in [1.29, 1.82) is 0 Å². The van der Waals surface area contributed by atoms with Gasteiger partial charge in [0.15, 0.2) is 17.4 Å².